The molecule has 1 aliphatic rings. The van der Waals surface area contributed by atoms with E-state index in [4.69, 9.17) is 10.9 Å². The van der Waals surface area contributed by atoms with Gasteiger partial charge in [-0.05, 0) is 18.9 Å². The molecule has 0 aliphatic heterocycles. The molecule has 1 heterocycles. The molecule has 0 unspecified atom stereocenters. The lowest BCUT2D eigenvalue weighted by Gasteiger charge is -2.28. The van der Waals surface area contributed by atoms with Gasteiger partial charge in [0.15, 0.2) is 5.84 Å². The lowest BCUT2D eigenvalue weighted by atomic mass is 10.1. The van der Waals surface area contributed by atoms with Crippen LogP contribution in [0.3, 0.4) is 0 Å². The highest BCUT2D eigenvalue weighted by molar-refractivity contribution is 5.97. The number of amidine groups is 1. The maximum absolute atomic E-state index is 13.2. The van der Waals surface area contributed by atoms with Crippen LogP contribution in [0.25, 0.3) is 0 Å². The Morgan fingerprint density at radius 3 is 2.80 bits per heavy atom. The Hall–Kier alpha value is -2.18. The van der Waals surface area contributed by atoms with Crippen LogP contribution in [0.4, 0.5) is 4.39 Å². The Kier molecular flexibility index (Phi) is 4.49. The number of nitrogens with two attached hydrogens (primary N) is 1. The molecule has 0 spiro atoms. The summed E-state index contributed by atoms with van der Waals surface area (Å²) in [4.78, 5) is 17.7. The van der Waals surface area contributed by atoms with Crippen molar-refractivity contribution in [2.45, 2.75) is 31.7 Å². The van der Waals surface area contributed by atoms with Gasteiger partial charge in [0.05, 0.1) is 18.3 Å². The van der Waals surface area contributed by atoms with E-state index < -0.39 is 5.82 Å². The van der Waals surface area contributed by atoms with Gasteiger partial charge in [-0.2, -0.15) is 0 Å². The first kappa shape index (κ1) is 14.2. The number of carbonyl (C=O) groups is 1. The van der Waals surface area contributed by atoms with E-state index in [2.05, 4.69) is 10.1 Å². The third kappa shape index (κ3) is 3.23. The maximum atomic E-state index is 13.2. The zero-order chi connectivity index (χ0) is 14.5. The summed E-state index contributed by atoms with van der Waals surface area (Å²) in [7, 11) is 0. The molecule has 0 bridgehead atoms. The number of rotatable bonds is 4. The molecule has 1 aromatic heterocycles. The van der Waals surface area contributed by atoms with E-state index in [1.165, 1.54) is 11.1 Å². The van der Waals surface area contributed by atoms with Crippen LogP contribution in [-0.2, 0) is 0 Å². The van der Waals surface area contributed by atoms with Crippen LogP contribution in [0, 0.1) is 5.82 Å². The maximum Gasteiger partial charge on any atom is 0.256 e. The van der Waals surface area contributed by atoms with Gasteiger partial charge in [0.25, 0.3) is 5.91 Å². The van der Waals surface area contributed by atoms with E-state index in [0.29, 0.717) is 0 Å². The average Bonchev–Trinajstić information content (AvgIpc) is 2.97. The molecule has 108 valence electrons. The predicted molar refractivity (Wildman–Crippen MR) is 70.9 cm³/mol. The molecular weight excluding hydrogens is 263 g/mol. The van der Waals surface area contributed by atoms with Gasteiger partial charge in [-0.25, -0.2) is 4.39 Å². The normalized spacial score (nSPS) is 16.4. The van der Waals surface area contributed by atoms with Crippen molar-refractivity contribution < 1.29 is 14.4 Å². The minimum atomic E-state index is -0.564. The van der Waals surface area contributed by atoms with E-state index in [9.17, 15) is 9.18 Å². The Balaban J connectivity index is 2.23. The van der Waals surface area contributed by atoms with E-state index in [0.717, 1.165) is 37.9 Å². The van der Waals surface area contributed by atoms with Crippen molar-refractivity contribution in [2.75, 3.05) is 6.54 Å². The van der Waals surface area contributed by atoms with Crippen LogP contribution < -0.4 is 5.73 Å². The molecule has 1 aromatic rings. The summed E-state index contributed by atoms with van der Waals surface area (Å²) in [5.41, 5.74) is 5.67. The molecule has 0 saturated heterocycles. The first-order valence-electron chi connectivity index (χ1n) is 6.49. The number of hydrogen-bond acceptors (Lipinski definition) is 4. The summed E-state index contributed by atoms with van der Waals surface area (Å²) in [6.07, 6.45) is 6.16. The van der Waals surface area contributed by atoms with Crippen LogP contribution in [-0.4, -0.2) is 39.4 Å². The highest BCUT2D eigenvalue weighted by atomic mass is 19.1. The molecule has 1 fully saturated rings. The van der Waals surface area contributed by atoms with Crippen molar-refractivity contribution in [3.8, 4) is 0 Å². The molecule has 0 aromatic carbocycles. The summed E-state index contributed by atoms with van der Waals surface area (Å²) in [5, 5.41) is 11.6. The molecule has 6 nitrogen and oxygen atoms in total. The fourth-order valence-electron chi connectivity index (χ4n) is 2.48. The smallest absolute Gasteiger partial charge is 0.256 e. The molecule has 1 aliphatic carbocycles. The second-order valence-electron chi connectivity index (χ2n) is 4.85. The number of oxime groups is 1. The monoisotopic (exact) mass is 280 g/mol. The van der Waals surface area contributed by atoms with Gasteiger partial charge in [-0.3, -0.25) is 9.78 Å². The summed E-state index contributed by atoms with van der Waals surface area (Å²) >= 11 is 0. The van der Waals surface area contributed by atoms with E-state index >= 15 is 0 Å². The van der Waals surface area contributed by atoms with Crippen molar-refractivity contribution in [2.24, 2.45) is 10.9 Å². The van der Waals surface area contributed by atoms with E-state index in [-0.39, 0.29) is 29.9 Å². The van der Waals surface area contributed by atoms with Gasteiger partial charge in [-0.1, -0.05) is 18.0 Å². The van der Waals surface area contributed by atoms with Crippen LogP contribution >= 0.6 is 0 Å². The number of halogens is 1. The van der Waals surface area contributed by atoms with Gasteiger partial charge in [-0.15, -0.1) is 0 Å². The molecule has 1 saturated carbocycles. The van der Waals surface area contributed by atoms with Crippen molar-refractivity contribution >= 4 is 11.7 Å². The molecule has 1 amide bonds. The zero-order valence-corrected chi connectivity index (χ0v) is 11.0. The fraction of sp³-hybridized carbons (Fsp3) is 0.462. The van der Waals surface area contributed by atoms with Gasteiger partial charge >= 0.3 is 0 Å². The second-order valence-corrected chi connectivity index (χ2v) is 4.85. The number of pyridine rings is 1. The number of nitrogens with zero attached hydrogens (tertiary/aromatic N) is 3. The van der Waals surface area contributed by atoms with Crippen LogP contribution in [0.5, 0.6) is 0 Å². The Morgan fingerprint density at radius 1 is 1.50 bits per heavy atom. The highest BCUT2D eigenvalue weighted by Gasteiger charge is 2.28. The minimum Gasteiger partial charge on any atom is -0.409 e. The summed E-state index contributed by atoms with van der Waals surface area (Å²) in [6.45, 7) is 0.0243. The van der Waals surface area contributed by atoms with Crippen molar-refractivity contribution in [3.63, 3.8) is 0 Å². The van der Waals surface area contributed by atoms with Crippen molar-refractivity contribution in [3.05, 3.63) is 29.8 Å². The molecular formula is C13H17FN4O2. The van der Waals surface area contributed by atoms with E-state index in [1.54, 1.807) is 0 Å². The third-order valence-electron chi connectivity index (χ3n) is 3.44. The summed E-state index contributed by atoms with van der Waals surface area (Å²) in [6, 6.07) is 1.18. The second kappa shape index (κ2) is 6.31. The molecule has 3 N–H and O–H groups in total. The number of aromatic nitrogens is 1. The van der Waals surface area contributed by atoms with Gasteiger partial charge in [0.2, 0.25) is 0 Å². The number of amides is 1. The van der Waals surface area contributed by atoms with Gasteiger partial charge in [0.1, 0.15) is 5.82 Å². The first-order chi connectivity index (χ1) is 9.61. The Morgan fingerprint density at radius 2 is 2.20 bits per heavy atom. The number of hydrogen-bond donors (Lipinski definition) is 2. The predicted octanol–water partition coefficient (Wildman–Crippen LogP) is 1.35. The first-order valence-corrected chi connectivity index (χ1v) is 6.49. The third-order valence-corrected chi connectivity index (χ3v) is 3.44. The standard InChI is InChI=1S/C13H17FN4O2/c14-10-5-9(6-16-7-10)13(19)18(8-12(15)17-20)11-3-1-2-4-11/h5-7,11,20H,1-4,8H2,(H2,15,17). The van der Waals surface area contributed by atoms with Crippen LogP contribution in [0.1, 0.15) is 36.0 Å². The van der Waals surface area contributed by atoms with Gasteiger partial charge in [0, 0.05) is 12.2 Å². The van der Waals surface area contributed by atoms with Crippen molar-refractivity contribution in [1.29, 1.82) is 0 Å². The SMILES string of the molecule is N/C(CN(C(=O)c1cncc(F)c1)C1CCCC1)=N/O. The summed E-state index contributed by atoms with van der Waals surface area (Å²) < 4.78 is 13.2. The quantitative estimate of drug-likeness (QED) is 0.377. The van der Waals surface area contributed by atoms with E-state index in [1.807, 2.05) is 0 Å². The molecule has 7 heteroatoms. The Bertz CT molecular complexity index is 515. The lowest BCUT2D eigenvalue weighted by molar-refractivity contribution is 0.0711. The summed E-state index contributed by atoms with van der Waals surface area (Å²) in [5.74, 6) is -0.962. The molecule has 2 rings (SSSR count). The zero-order valence-electron chi connectivity index (χ0n) is 11.0. The molecule has 20 heavy (non-hydrogen) atoms. The Labute approximate surface area is 116 Å². The lowest BCUT2D eigenvalue weighted by Crippen LogP contribution is -2.44. The highest BCUT2D eigenvalue weighted by Crippen LogP contribution is 2.24. The largest absolute Gasteiger partial charge is 0.409 e. The van der Waals surface area contributed by atoms with Crippen LogP contribution in [0.2, 0.25) is 0 Å². The number of carbonyl (C=O) groups excluding carboxylic acids is 1. The van der Waals surface area contributed by atoms with Gasteiger partial charge < -0.3 is 15.8 Å². The molecule has 0 atom stereocenters. The topological polar surface area (TPSA) is 91.8 Å². The molecule has 0 radical (unpaired) electrons. The van der Waals surface area contributed by atoms with Crippen molar-refractivity contribution in [1.82, 2.24) is 9.88 Å². The fourth-order valence-corrected chi connectivity index (χ4v) is 2.48. The average molecular weight is 280 g/mol. The minimum absolute atomic E-state index is 0.0243. The van der Waals surface area contributed by atoms with Crippen LogP contribution in [0.15, 0.2) is 23.6 Å².